The summed E-state index contributed by atoms with van der Waals surface area (Å²) in [6, 6.07) is 10.6. The van der Waals surface area contributed by atoms with Crippen LogP contribution in [0.2, 0.25) is 0 Å². The van der Waals surface area contributed by atoms with Crippen LogP contribution >= 0.6 is 11.8 Å². The van der Waals surface area contributed by atoms with E-state index in [0.29, 0.717) is 21.8 Å². The molecule has 104 valence electrons. The van der Waals surface area contributed by atoms with E-state index < -0.39 is 5.97 Å². The molecule has 1 aromatic heterocycles. The highest BCUT2D eigenvalue weighted by molar-refractivity contribution is 7.99. The van der Waals surface area contributed by atoms with Crippen LogP contribution in [0.4, 0.5) is 0 Å². The van der Waals surface area contributed by atoms with E-state index in [1.807, 2.05) is 25.1 Å². The van der Waals surface area contributed by atoms with Gasteiger partial charge in [0.2, 0.25) is 0 Å². The number of aromatic amines is 1. The van der Waals surface area contributed by atoms with Gasteiger partial charge >= 0.3 is 5.97 Å². The third-order valence-electron chi connectivity index (χ3n) is 2.76. The van der Waals surface area contributed by atoms with Crippen LogP contribution in [0.1, 0.15) is 33.3 Å². The van der Waals surface area contributed by atoms with Crippen molar-refractivity contribution in [3.63, 3.8) is 0 Å². The van der Waals surface area contributed by atoms with Crippen molar-refractivity contribution in [2.75, 3.05) is 12.9 Å². The minimum Gasteiger partial charge on any atom is -0.464 e. The molecule has 1 N–H and O–H groups in total. The number of nitrogens with one attached hydrogen (secondary N) is 1. The lowest BCUT2D eigenvalue weighted by atomic mass is 10.1. The lowest BCUT2D eigenvalue weighted by Crippen LogP contribution is -2.02. The average Bonchev–Trinajstić information content (AvgIpc) is 2.91. The Morgan fingerprint density at radius 2 is 1.95 bits per heavy atom. The second-order valence-corrected chi connectivity index (χ2v) is 5.32. The SMILES string of the molecule is CCSc1[nH]c(C(=O)OC)cc1C(=O)c1ccccc1. The van der Waals surface area contributed by atoms with E-state index in [1.165, 1.54) is 18.9 Å². The Hall–Kier alpha value is -2.01. The monoisotopic (exact) mass is 289 g/mol. The molecule has 0 saturated heterocycles. The number of ether oxygens (including phenoxy) is 1. The molecule has 2 aromatic rings. The minimum absolute atomic E-state index is 0.104. The molecule has 1 heterocycles. The van der Waals surface area contributed by atoms with Gasteiger partial charge in [-0.05, 0) is 11.8 Å². The van der Waals surface area contributed by atoms with Gasteiger partial charge in [0.1, 0.15) is 5.69 Å². The van der Waals surface area contributed by atoms with E-state index in [9.17, 15) is 9.59 Å². The lowest BCUT2D eigenvalue weighted by Gasteiger charge is -2.01. The highest BCUT2D eigenvalue weighted by Crippen LogP contribution is 2.25. The standard InChI is InChI=1S/C15H15NO3S/c1-3-20-14-11(9-12(16-14)15(18)19-2)13(17)10-7-5-4-6-8-10/h4-9,16H,3H2,1-2H3. The zero-order valence-corrected chi connectivity index (χ0v) is 12.1. The second kappa shape index (κ2) is 6.43. The first-order valence-electron chi connectivity index (χ1n) is 6.21. The van der Waals surface area contributed by atoms with E-state index in [2.05, 4.69) is 9.72 Å². The molecule has 0 bridgehead atoms. The van der Waals surface area contributed by atoms with E-state index in [1.54, 1.807) is 18.2 Å². The highest BCUT2D eigenvalue weighted by Gasteiger charge is 2.20. The van der Waals surface area contributed by atoms with Crippen LogP contribution < -0.4 is 0 Å². The Morgan fingerprint density at radius 3 is 2.55 bits per heavy atom. The smallest absolute Gasteiger partial charge is 0.354 e. The van der Waals surface area contributed by atoms with Gasteiger partial charge in [-0.25, -0.2) is 4.79 Å². The molecule has 0 amide bonds. The van der Waals surface area contributed by atoms with Gasteiger partial charge in [0.15, 0.2) is 5.78 Å². The number of carbonyl (C=O) groups excluding carboxylic acids is 2. The van der Waals surface area contributed by atoms with Gasteiger partial charge in [0, 0.05) is 5.56 Å². The molecule has 0 saturated carbocycles. The number of benzene rings is 1. The first-order valence-corrected chi connectivity index (χ1v) is 7.19. The summed E-state index contributed by atoms with van der Waals surface area (Å²) in [5, 5.41) is 0.696. The zero-order chi connectivity index (χ0) is 14.5. The van der Waals surface area contributed by atoms with Crippen molar-refractivity contribution < 1.29 is 14.3 Å². The van der Waals surface area contributed by atoms with Crippen molar-refractivity contribution in [2.45, 2.75) is 11.9 Å². The Bertz CT molecular complexity index is 619. The van der Waals surface area contributed by atoms with Crippen molar-refractivity contribution in [3.8, 4) is 0 Å². The van der Waals surface area contributed by atoms with Gasteiger partial charge in [-0.15, -0.1) is 11.8 Å². The van der Waals surface area contributed by atoms with Gasteiger partial charge in [-0.2, -0.15) is 0 Å². The lowest BCUT2D eigenvalue weighted by molar-refractivity contribution is 0.0594. The summed E-state index contributed by atoms with van der Waals surface area (Å²) in [6.45, 7) is 1.99. The fourth-order valence-electron chi connectivity index (χ4n) is 1.83. The normalized spacial score (nSPS) is 10.3. The molecule has 0 aliphatic carbocycles. The molecule has 2 rings (SSSR count). The molecule has 0 aliphatic heterocycles. The molecule has 20 heavy (non-hydrogen) atoms. The first kappa shape index (κ1) is 14.4. The Labute approximate surface area is 121 Å². The van der Waals surface area contributed by atoms with Gasteiger partial charge in [0.25, 0.3) is 0 Å². The number of hydrogen-bond donors (Lipinski definition) is 1. The molecule has 0 atom stereocenters. The van der Waals surface area contributed by atoms with Gasteiger partial charge < -0.3 is 9.72 Å². The third-order valence-corrected chi connectivity index (χ3v) is 3.66. The van der Waals surface area contributed by atoms with E-state index in [0.717, 1.165) is 5.75 Å². The number of carbonyl (C=O) groups is 2. The van der Waals surface area contributed by atoms with Crippen LogP contribution in [0, 0.1) is 0 Å². The molecule has 0 aliphatic rings. The molecule has 0 fully saturated rings. The van der Waals surface area contributed by atoms with Crippen molar-refractivity contribution in [1.29, 1.82) is 0 Å². The maximum absolute atomic E-state index is 12.5. The van der Waals surface area contributed by atoms with Crippen molar-refractivity contribution in [2.24, 2.45) is 0 Å². The van der Waals surface area contributed by atoms with E-state index >= 15 is 0 Å². The maximum Gasteiger partial charge on any atom is 0.354 e. The Kier molecular flexibility index (Phi) is 4.63. The fourth-order valence-corrected chi connectivity index (χ4v) is 2.61. The number of hydrogen-bond acceptors (Lipinski definition) is 4. The van der Waals surface area contributed by atoms with Crippen molar-refractivity contribution in [1.82, 2.24) is 4.98 Å². The zero-order valence-electron chi connectivity index (χ0n) is 11.3. The molecule has 0 spiro atoms. The second-order valence-electron chi connectivity index (χ2n) is 4.05. The summed E-state index contributed by atoms with van der Waals surface area (Å²) >= 11 is 1.49. The van der Waals surface area contributed by atoms with Crippen LogP contribution in [-0.2, 0) is 4.74 Å². The summed E-state index contributed by atoms with van der Waals surface area (Å²) in [6.07, 6.45) is 0. The number of aromatic nitrogens is 1. The number of methoxy groups -OCH3 is 1. The largest absolute Gasteiger partial charge is 0.464 e. The summed E-state index contributed by atoms with van der Waals surface area (Å²) in [5.41, 5.74) is 1.40. The molecule has 5 heteroatoms. The number of thioether (sulfide) groups is 1. The van der Waals surface area contributed by atoms with Gasteiger partial charge in [-0.3, -0.25) is 4.79 Å². The Morgan fingerprint density at radius 1 is 1.25 bits per heavy atom. The predicted octanol–water partition coefficient (Wildman–Crippen LogP) is 3.14. The molecule has 0 unspecified atom stereocenters. The summed E-state index contributed by atoms with van der Waals surface area (Å²) in [7, 11) is 1.31. The maximum atomic E-state index is 12.5. The van der Waals surface area contributed by atoms with Gasteiger partial charge in [0.05, 0.1) is 17.7 Å². The fraction of sp³-hybridized carbons (Fsp3) is 0.200. The predicted molar refractivity (Wildman–Crippen MR) is 78.4 cm³/mol. The number of ketones is 1. The van der Waals surface area contributed by atoms with E-state index in [-0.39, 0.29) is 5.78 Å². The highest BCUT2D eigenvalue weighted by atomic mass is 32.2. The quantitative estimate of drug-likeness (QED) is 0.522. The van der Waals surface area contributed by atoms with Crippen LogP contribution in [0.15, 0.2) is 41.4 Å². The topological polar surface area (TPSA) is 59.2 Å². The van der Waals surface area contributed by atoms with Crippen LogP contribution in [0.25, 0.3) is 0 Å². The van der Waals surface area contributed by atoms with Crippen molar-refractivity contribution >= 4 is 23.5 Å². The van der Waals surface area contributed by atoms with Crippen LogP contribution in [-0.4, -0.2) is 29.6 Å². The molecular formula is C15H15NO3S. The van der Waals surface area contributed by atoms with Gasteiger partial charge in [-0.1, -0.05) is 37.3 Å². The summed E-state index contributed by atoms with van der Waals surface area (Å²) in [4.78, 5) is 27.0. The third kappa shape index (κ3) is 2.93. The van der Waals surface area contributed by atoms with E-state index in [4.69, 9.17) is 0 Å². The number of H-pyrrole nitrogens is 1. The molecular weight excluding hydrogens is 274 g/mol. The summed E-state index contributed by atoms with van der Waals surface area (Å²) < 4.78 is 4.68. The van der Waals surface area contributed by atoms with Crippen LogP contribution in [0.3, 0.4) is 0 Å². The van der Waals surface area contributed by atoms with Crippen LogP contribution in [0.5, 0.6) is 0 Å². The first-order chi connectivity index (χ1) is 9.67. The number of esters is 1. The molecule has 0 radical (unpaired) electrons. The Balaban J connectivity index is 2.41. The number of rotatable bonds is 5. The minimum atomic E-state index is -0.477. The average molecular weight is 289 g/mol. The molecule has 4 nitrogen and oxygen atoms in total. The molecule has 1 aromatic carbocycles. The summed E-state index contributed by atoms with van der Waals surface area (Å²) in [5.74, 6) is 0.221. The van der Waals surface area contributed by atoms with Crippen molar-refractivity contribution in [3.05, 3.63) is 53.2 Å².